The molecule has 0 aromatic heterocycles. The van der Waals surface area contributed by atoms with Crippen LogP contribution in [0.3, 0.4) is 0 Å². The monoisotopic (exact) mass is 365 g/mol. The molecule has 0 aliphatic carbocycles. The van der Waals surface area contributed by atoms with Gasteiger partial charge in [0.15, 0.2) is 9.84 Å². The quantitative estimate of drug-likeness (QED) is 0.860. The molecule has 1 saturated heterocycles. The van der Waals surface area contributed by atoms with Gasteiger partial charge in [-0.15, -0.1) is 0 Å². The molecule has 2 rings (SSSR count). The number of anilines is 2. The third-order valence-electron chi connectivity index (χ3n) is 3.64. The Morgan fingerprint density at radius 2 is 1.96 bits per heavy atom. The first-order chi connectivity index (χ1) is 11.0. The Bertz CT molecular complexity index is 733. The SMILES string of the molecule is CN(C)c1ccc(NC(=O)NC2CCS(=O)(=O)C2)c(C(F)(F)F)c1. The Kier molecular flexibility index (Phi) is 4.97. The number of carbonyl (C=O) groups is 1. The minimum atomic E-state index is -4.63. The third kappa shape index (κ3) is 4.53. The fourth-order valence-electron chi connectivity index (χ4n) is 2.41. The number of benzene rings is 1. The van der Waals surface area contributed by atoms with E-state index < -0.39 is 33.6 Å². The van der Waals surface area contributed by atoms with E-state index in [2.05, 4.69) is 10.6 Å². The summed E-state index contributed by atoms with van der Waals surface area (Å²) in [5, 5.41) is 4.55. The van der Waals surface area contributed by atoms with Crippen LogP contribution in [0, 0.1) is 0 Å². The van der Waals surface area contributed by atoms with Crippen molar-refractivity contribution in [3.63, 3.8) is 0 Å². The number of nitrogens with one attached hydrogen (secondary N) is 2. The van der Waals surface area contributed by atoms with Crippen molar-refractivity contribution in [1.82, 2.24) is 5.32 Å². The standard InChI is InChI=1S/C14H18F3N3O3S/c1-20(2)10-3-4-12(11(7-10)14(15,16)17)19-13(21)18-9-5-6-24(22,23)8-9/h3-4,7,9H,5-6,8H2,1-2H3,(H2,18,19,21). The van der Waals surface area contributed by atoms with Crippen LogP contribution >= 0.6 is 0 Å². The number of hydrogen-bond acceptors (Lipinski definition) is 4. The maximum Gasteiger partial charge on any atom is 0.418 e. The Hall–Kier alpha value is -1.97. The molecule has 2 N–H and O–H groups in total. The Morgan fingerprint density at radius 3 is 2.46 bits per heavy atom. The molecule has 1 aromatic carbocycles. The molecule has 0 radical (unpaired) electrons. The van der Waals surface area contributed by atoms with E-state index in [1.54, 1.807) is 14.1 Å². The number of alkyl halides is 3. The number of hydrogen-bond donors (Lipinski definition) is 2. The average molecular weight is 365 g/mol. The first-order valence-corrected chi connectivity index (χ1v) is 8.96. The van der Waals surface area contributed by atoms with Gasteiger partial charge in [0.2, 0.25) is 0 Å². The van der Waals surface area contributed by atoms with Gasteiger partial charge in [-0.05, 0) is 24.6 Å². The van der Waals surface area contributed by atoms with E-state index in [1.165, 1.54) is 17.0 Å². The molecule has 1 aliphatic rings. The topological polar surface area (TPSA) is 78.5 Å². The highest BCUT2D eigenvalue weighted by atomic mass is 32.2. The summed E-state index contributed by atoms with van der Waals surface area (Å²) in [6.07, 6.45) is -4.38. The lowest BCUT2D eigenvalue weighted by atomic mass is 10.1. The summed E-state index contributed by atoms with van der Waals surface area (Å²) < 4.78 is 62.2. The summed E-state index contributed by atoms with van der Waals surface area (Å²) in [7, 11) is 0.0254. The van der Waals surface area contributed by atoms with Gasteiger partial charge in [0, 0.05) is 25.8 Å². The van der Waals surface area contributed by atoms with Gasteiger partial charge in [0.25, 0.3) is 0 Å². The lowest BCUT2D eigenvalue weighted by molar-refractivity contribution is -0.136. The van der Waals surface area contributed by atoms with Gasteiger partial charge in [-0.1, -0.05) is 0 Å². The number of nitrogens with zero attached hydrogens (tertiary/aromatic N) is 1. The zero-order chi connectivity index (χ0) is 18.1. The first-order valence-electron chi connectivity index (χ1n) is 7.14. The Balaban J connectivity index is 2.15. The molecule has 1 aliphatic heterocycles. The smallest absolute Gasteiger partial charge is 0.378 e. The zero-order valence-electron chi connectivity index (χ0n) is 13.1. The molecule has 2 amide bonds. The molecule has 24 heavy (non-hydrogen) atoms. The van der Waals surface area contributed by atoms with Crippen LogP contribution in [0.4, 0.5) is 29.3 Å². The predicted octanol–water partition coefficient (Wildman–Crippen LogP) is 2.08. The van der Waals surface area contributed by atoms with Crippen LogP contribution in [-0.2, 0) is 16.0 Å². The van der Waals surface area contributed by atoms with Crippen LogP contribution in [0.5, 0.6) is 0 Å². The fourth-order valence-corrected chi connectivity index (χ4v) is 4.08. The molecule has 1 atom stereocenters. The van der Waals surface area contributed by atoms with Gasteiger partial charge < -0.3 is 15.5 Å². The highest BCUT2D eigenvalue weighted by Crippen LogP contribution is 2.37. The van der Waals surface area contributed by atoms with E-state index in [-0.39, 0.29) is 23.6 Å². The van der Waals surface area contributed by atoms with Gasteiger partial charge in [-0.2, -0.15) is 13.2 Å². The molecule has 134 valence electrons. The summed E-state index contributed by atoms with van der Waals surface area (Å²) in [4.78, 5) is 13.4. The van der Waals surface area contributed by atoms with Crippen molar-refractivity contribution in [1.29, 1.82) is 0 Å². The van der Waals surface area contributed by atoms with Crippen LogP contribution in [0.15, 0.2) is 18.2 Å². The molecule has 0 spiro atoms. The highest BCUT2D eigenvalue weighted by molar-refractivity contribution is 7.91. The summed E-state index contributed by atoms with van der Waals surface area (Å²) in [5.74, 6) is -0.241. The number of sulfone groups is 1. The Morgan fingerprint density at radius 1 is 1.29 bits per heavy atom. The minimum Gasteiger partial charge on any atom is -0.378 e. The molecular weight excluding hydrogens is 347 g/mol. The molecule has 10 heteroatoms. The fraction of sp³-hybridized carbons (Fsp3) is 0.500. The van der Waals surface area contributed by atoms with Crippen LogP contribution in [0.2, 0.25) is 0 Å². The number of carbonyl (C=O) groups excluding carboxylic acids is 1. The van der Waals surface area contributed by atoms with Crippen LogP contribution in [0.25, 0.3) is 0 Å². The average Bonchev–Trinajstić information content (AvgIpc) is 2.76. The van der Waals surface area contributed by atoms with Gasteiger partial charge in [-0.25, -0.2) is 13.2 Å². The van der Waals surface area contributed by atoms with E-state index in [9.17, 15) is 26.4 Å². The second-order valence-electron chi connectivity index (χ2n) is 5.82. The zero-order valence-corrected chi connectivity index (χ0v) is 14.0. The summed E-state index contributed by atoms with van der Waals surface area (Å²) >= 11 is 0. The van der Waals surface area contributed by atoms with E-state index in [4.69, 9.17) is 0 Å². The van der Waals surface area contributed by atoms with Crippen LogP contribution in [-0.4, -0.2) is 46.1 Å². The number of amides is 2. The molecule has 1 unspecified atom stereocenters. The number of halogens is 3. The van der Waals surface area contributed by atoms with Gasteiger partial charge >= 0.3 is 12.2 Å². The van der Waals surface area contributed by atoms with Gasteiger partial charge in [-0.3, -0.25) is 0 Å². The largest absolute Gasteiger partial charge is 0.418 e. The molecule has 1 heterocycles. The van der Waals surface area contributed by atoms with E-state index in [0.29, 0.717) is 5.69 Å². The van der Waals surface area contributed by atoms with Crippen LogP contribution < -0.4 is 15.5 Å². The molecule has 0 saturated carbocycles. The molecule has 1 fully saturated rings. The second kappa shape index (κ2) is 6.50. The van der Waals surface area contributed by atoms with Crippen LogP contribution in [0.1, 0.15) is 12.0 Å². The number of urea groups is 1. The molecule has 6 nitrogen and oxygen atoms in total. The maximum atomic E-state index is 13.2. The summed E-state index contributed by atoms with van der Waals surface area (Å²) in [5.41, 5.74) is -1.01. The van der Waals surface area contributed by atoms with Crippen molar-refractivity contribution in [2.24, 2.45) is 0 Å². The van der Waals surface area contributed by atoms with Crippen molar-refractivity contribution >= 4 is 27.2 Å². The first kappa shape index (κ1) is 18.4. The van der Waals surface area contributed by atoms with E-state index in [0.717, 1.165) is 6.07 Å². The summed E-state index contributed by atoms with van der Waals surface area (Å²) in [6, 6.07) is 2.11. The molecular formula is C14H18F3N3O3S. The van der Waals surface area contributed by atoms with Crippen molar-refractivity contribution in [3.05, 3.63) is 23.8 Å². The number of rotatable bonds is 3. The summed E-state index contributed by atoms with van der Waals surface area (Å²) in [6.45, 7) is 0. The highest BCUT2D eigenvalue weighted by Gasteiger charge is 2.35. The minimum absolute atomic E-state index is 0.0384. The van der Waals surface area contributed by atoms with E-state index >= 15 is 0 Å². The van der Waals surface area contributed by atoms with Crippen molar-refractivity contribution < 1.29 is 26.4 Å². The molecule has 0 bridgehead atoms. The third-order valence-corrected chi connectivity index (χ3v) is 5.41. The van der Waals surface area contributed by atoms with Crippen molar-refractivity contribution in [2.45, 2.75) is 18.6 Å². The van der Waals surface area contributed by atoms with Gasteiger partial charge in [0.1, 0.15) is 0 Å². The lowest BCUT2D eigenvalue weighted by Crippen LogP contribution is -2.39. The van der Waals surface area contributed by atoms with Crippen molar-refractivity contribution in [3.8, 4) is 0 Å². The normalized spacial score (nSPS) is 19.8. The predicted molar refractivity (Wildman–Crippen MR) is 85.0 cm³/mol. The maximum absolute atomic E-state index is 13.2. The molecule has 1 aromatic rings. The lowest BCUT2D eigenvalue weighted by Gasteiger charge is -2.19. The Labute approximate surface area is 137 Å². The van der Waals surface area contributed by atoms with E-state index in [1.807, 2.05) is 0 Å². The van der Waals surface area contributed by atoms with Gasteiger partial charge in [0.05, 0.1) is 22.8 Å². The second-order valence-corrected chi connectivity index (χ2v) is 8.05. The van der Waals surface area contributed by atoms with Crippen molar-refractivity contribution in [2.75, 3.05) is 35.8 Å².